The average molecular weight is 201 g/mol. The number of hydrogen-bond donors (Lipinski definition) is 2. The van der Waals surface area contributed by atoms with Crippen LogP contribution in [0.5, 0.6) is 0 Å². The number of aliphatic hydroxyl groups is 1. The molecule has 0 spiro atoms. The summed E-state index contributed by atoms with van der Waals surface area (Å²) in [7, 11) is 1.67. The summed E-state index contributed by atoms with van der Waals surface area (Å²) in [6, 6.07) is 0.598. The van der Waals surface area contributed by atoms with E-state index in [4.69, 9.17) is 9.84 Å². The Labute approximate surface area is 86.8 Å². The SMILES string of the molecule is COCC(CO)NC(C)C1CCCC1. The zero-order valence-electron chi connectivity index (χ0n) is 9.33. The van der Waals surface area contributed by atoms with Crippen molar-refractivity contribution < 1.29 is 9.84 Å². The van der Waals surface area contributed by atoms with E-state index in [1.807, 2.05) is 0 Å². The first-order valence-electron chi connectivity index (χ1n) is 5.63. The first kappa shape index (κ1) is 12.0. The van der Waals surface area contributed by atoms with E-state index in [1.165, 1.54) is 25.7 Å². The largest absolute Gasteiger partial charge is 0.395 e. The number of methoxy groups -OCH3 is 1. The van der Waals surface area contributed by atoms with E-state index in [2.05, 4.69) is 12.2 Å². The van der Waals surface area contributed by atoms with Crippen molar-refractivity contribution in [3.63, 3.8) is 0 Å². The maximum atomic E-state index is 9.11. The van der Waals surface area contributed by atoms with Gasteiger partial charge in [-0.1, -0.05) is 12.8 Å². The summed E-state index contributed by atoms with van der Waals surface area (Å²) >= 11 is 0. The van der Waals surface area contributed by atoms with Crippen LogP contribution in [0.3, 0.4) is 0 Å². The maximum absolute atomic E-state index is 9.11. The Morgan fingerprint density at radius 3 is 2.57 bits per heavy atom. The fourth-order valence-corrected chi connectivity index (χ4v) is 2.32. The third-order valence-electron chi connectivity index (χ3n) is 3.19. The van der Waals surface area contributed by atoms with Crippen LogP contribution in [0.4, 0.5) is 0 Å². The lowest BCUT2D eigenvalue weighted by Gasteiger charge is -2.25. The zero-order chi connectivity index (χ0) is 10.4. The minimum Gasteiger partial charge on any atom is -0.395 e. The molecule has 0 aromatic rings. The van der Waals surface area contributed by atoms with Gasteiger partial charge in [-0.3, -0.25) is 0 Å². The topological polar surface area (TPSA) is 41.5 Å². The van der Waals surface area contributed by atoms with Crippen LogP contribution < -0.4 is 5.32 Å². The van der Waals surface area contributed by atoms with Crippen molar-refractivity contribution in [1.29, 1.82) is 0 Å². The van der Waals surface area contributed by atoms with E-state index in [9.17, 15) is 0 Å². The van der Waals surface area contributed by atoms with Crippen LogP contribution >= 0.6 is 0 Å². The normalized spacial score (nSPS) is 22.5. The molecule has 0 heterocycles. The molecule has 1 saturated carbocycles. The highest BCUT2D eigenvalue weighted by Crippen LogP contribution is 2.27. The molecule has 2 N–H and O–H groups in total. The predicted molar refractivity (Wildman–Crippen MR) is 57.3 cm³/mol. The monoisotopic (exact) mass is 201 g/mol. The van der Waals surface area contributed by atoms with Gasteiger partial charge in [0, 0.05) is 13.2 Å². The summed E-state index contributed by atoms with van der Waals surface area (Å²) < 4.78 is 5.04. The molecule has 3 heteroatoms. The molecule has 0 bridgehead atoms. The van der Waals surface area contributed by atoms with Crippen LogP contribution in [0.1, 0.15) is 32.6 Å². The average Bonchev–Trinajstić information content (AvgIpc) is 2.69. The Morgan fingerprint density at radius 2 is 2.07 bits per heavy atom. The smallest absolute Gasteiger partial charge is 0.0638 e. The van der Waals surface area contributed by atoms with Gasteiger partial charge in [0.05, 0.1) is 19.3 Å². The van der Waals surface area contributed by atoms with Gasteiger partial charge in [-0.2, -0.15) is 0 Å². The van der Waals surface area contributed by atoms with E-state index in [0.29, 0.717) is 12.6 Å². The Hall–Kier alpha value is -0.120. The fourth-order valence-electron chi connectivity index (χ4n) is 2.32. The lowest BCUT2D eigenvalue weighted by molar-refractivity contribution is 0.118. The summed E-state index contributed by atoms with van der Waals surface area (Å²) in [5.74, 6) is 0.793. The van der Waals surface area contributed by atoms with Crippen molar-refractivity contribution in [3.8, 4) is 0 Å². The van der Waals surface area contributed by atoms with Crippen LogP contribution in [-0.4, -0.2) is 37.5 Å². The Bertz CT molecular complexity index is 146. The number of nitrogens with one attached hydrogen (secondary N) is 1. The van der Waals surface area contributed by atoms with Gasteiger partial charge in [0.1, 0.15) is 0 Å². The lowest BCUT2D eigenvalue weighted by Crippen LogP contribution is -2.44. The van der Waals surface area contributed by atoms with Crippen molar-refractivity contribution >= 4 is 0 Å². The van der Waals surface area contributed by atoms with Crippen LogP contribution in [-0.2, 0) is 4.74 Å². The maximum Gasteiger partial charge on any atom is 0.0638 e. The minimum absolute atomic E-state index is 0.0931. The molecule has 84 valence electrons. The molecule has 1 aliphatic rings. The molecule has 3 nitrogen and oxygen atoms in total. The zero-order valence-corrected chi connectivity index (χ0v) is 9.33. The molecular formula is C11H23NO2. The lowest BCUT2D eigenvalue weighted by atomic mass is 9.99. The second-order valence-corrected chi connectivity index (χ2v) is 4.33. The molecule has 1 fully saturated rings. The minimum atomic E-state index is 0.0931. The van der Waals surface area contributed by atoms with Crippen molar-refractivity contribution in [3.05, 3.63) is 0 Å². The third-order valence-corrected chi connectivity index (χ3v) is 3.19. The molecule has 1 aliphatic carbocycles. The van der Waals surface area contributed by atoms with Gasteiger partial charge in [0.25, 0.3) is 0 Å². The molecule has 0 radical (unpaired) electrons. The molecule has 14 heavy (non-hydrogen) atoms. The second-order valence-electron chi connectivity index (χ2n) is 4.33. The fraction of sp³-hybridized carbons (Fsp3) is 1.00. The van der Waals surface area contributed by atoms with Crippen LogP contribution in [0.15, 0.2) is 0 Å². The number of hydrogen-bond acceptors (Lipinski definition) is 3. The molecule has 0 saturated heterocycles. The van der Waals surface area contributed by atoms with Gasteiger partial charge in [-0.15, -0.1) is 0 Å². The van der Waals surface area contributed by atoms with E-state index in [-0.39, 0.29) is 12.6 Å². The summed E-state index contributed by atoms with van der Waals surface area (Å²) in [4.78, 5) is 0. The van der Waals surface area contributed by atoms with Gasteiger partial charge in [-0.25, -0.2) is 0 Å². The molecule has 1 rings (SSSR count). The quantitative estimate of drug-likeness (QED) is 0.677. The van der Waals surface area contributed by atoms with Crippen molar-refractivity contribution in [1.82, 2.24) is 5.32 Å². The van der Waals surface area contributed by atoms with E-state index >= 15 is 0 Å². The van der Waals surface area contributed by atoms with Crippen molar-refractivity contribution in [2.24, 2.45) is 5.92 Å². The molecular weight excluding hydrogens is 178 g/mol. The Kier molecular flexibility index (Phi) is 5.45. The van der Waals surface area contributed by atoms with Gasteiger partial charge in [-0.05, 0) is 25.7 Å². The van der Waals surface area contributed by atoms with E-state index in [1.54, 1.807) is 7.11 Å². The van der Waals surface area contributed by atoms with Crippen LogP contribution in [0.2, 0.25) is 0 Å². The first-order valence-corrected chi connectivity index (χ1v) is 5.63. The first-order chi connectivity index (χ1) is 6.77. The number of rotatable bonds is 6. The standard InChI is InChI=1S/C11H23NO2/c1-9(10-5-3-4-6-10)12-11(7-13)8-14-2/h9-13H,3-8H2,1-2H3. The molecule has 0 amide bonds. The van der Waals surface area contributed by atoms with E-state index < -0.39 is 0 Å². The van der Waals surface area contributed by atoms with E-state index in [0.717, 1.165) is 5.92 Å². The highest BCUT2D eigenvalue weighted by Gasteiger charge is 2.23. The molecule has 2 atom stereocenters. The summed E-state index contributed by atoms with van der Waals surface area (Å²) in [5.41, 5.74) is 0. The second kappa shape index (κ2) is 6.38. The van der Waals surface area contributed by atoms with Crippen molar-refractivity contribution in [2.45, 2.75) is 44.7 Å². The number of ether oxygens (including phenoxy) is 1. The van der Waals surface area contributed by atoms with Gasteiger partial charge in [0.2, 0.25) is 0 Å². The molecule has 0 aromatic carbocycles. The van der Waals surface area contributed by atoms with Gasteiger partial charge < -0.3 is 15.2 Å². The Balaban J connectivity index is 2.25. The predicted octanol–water partition coefficient (Wildman–Crippen LogP) is 1.16. The summed E-state index contributed by atoms with van der Waals surface area (Å²) in [5, 5.41) is 12.5. The molecule has 0 aliphatic heterocycles. The van der Waals surface area contributed by atoms with Crippen LogP contribution in [0, 0.1) is 5.92 Å². The van der Waals surface area contributed by atoms with Gasteiger partial charge in [0.15, 0.2) is 0 Å². The summed E-state index contributed by atoms with van der Waals surface area (Å²) in [6.07, 6.45) is 5.40. The third kappa shape index (κ3) is 3.56. The van der Waals surface area contributed by atoms with Crippen LogP contribution in [0.25, 0.3) is 0 Å². The van der Waals surface area contributed by atoms with Crippen molar-refractivity contribution in [2.75, 3.05) is 20.3 Å². The Morgan fingerprint density at radius 1 is 1.43 bits per heavy atom. The summed E-state index contributed by atoms with van der Waals surface area (Å²) in [6.45, 7) is 2.97. The number of aliphatic hydroxyl groups excluding tert-OH is 1. The molecule has 2 unspecified atom stereocenters. The highest BCUT2D eigenvalue weighted by atomic mass is 16.5. The van der Waals surface area contributed by atoms with Gasteiger partial charge >= 0.3 is 0 Å². The highest BCUT2D eigenvalue weighted by molar-refractivity contribution is 4.80. The molecule has 0 aromatic heterocycles.